The summed E-state index contributed by atoms with van der Waals surface area (Å²) in [4.78, 5) is 13.6. The molecule has 6 heteroatoms. The maximum Gasteiger partial charge on any atom is 0.401 e. The molecule has 0 bridgehead atoms. The Morgan fingerprint density at radius 1 is 1.35 bits per heavy atom. The topological polar surface area (TPSA) is 29.5 Å². The SMILES string of the molecule is CC1=CC(OC(=O)C2CCN(CC(F)(F)F)CC2)CC(C)(C)C1. The van der Waals surface area contributed by atoms with Crippen LogP contribution in [0.2, 0.25) is 0 Å². The lowest BCUT2D eigenvalue weighted by Crippen LogP contribution is -2.42. The Hall–Kier alpha value is -1.04. The number of likely N-dealkylation sites (tertiary alicyclic amines) is 1. The lowest BCUT2D eigenvalue weighted by molar-refractivity contribution is -0.159. The number of ether oxygens (including phenoxy) is 1. The lowest BCUT2D eigenvalue weighted by atomic mass is 9.76. The van der Waals surface area contributed by atoms with E-state index in [1.807, 2.05) is 13.0 Å². The van der Waals surface area contributed by atoms with Crippen LogP contribution in [0.5, 0.6) is 0 Å². The van der Waals surface area contributed by atoms with Gasteiger partial charge in [0.1, 0.15) is 6.10 Å². The molecule has 1 aliphatic carbocycles. The molecule has 0 radical (unpaired) electrons. The molecule has 1 saturated heterocycles. The predicted molar refractivity (Wildman–Crippen MR) is 81.9 cm³/mol. The molecule has 1 aliphatic heterocycles. The van der Waals surface area contributed by atoms with Crippen molar-refractivity contribution < 1.29 is 22.7 Å². The normalized spacial score (nSPS) is 26.7. The number of esters is 1. The fourth-order valence-electron chi connectivity index (χ4n) is 3.71. The van der Waals surface area contributed by atoms with Crippen LogP contribution in [-0.2, 0) is 9.53 Å². The van der Waals surface area contributed by atoms with Gasteiger partial charge in [-0.1, -0.05) is 19.4 Å². The highest BCUT2D eigenvalue weighted by Crippen LogP contribution is 2.36. The minimum Gasteiger partial charge on any atom is -0.458 e. The Morgan fingerprint density at radius 2 is 1.96 bits per heavy atom. The van der Waals surface area contributed by atoms with Crippen molar-refractivity contribution in [2.75, 3.05) is 19.6 Å². The quantitative estimate of drug-likeness (QED) is 0.579. The summed E-state index contributed by atoms with van der Waals surface area (Å²) in [5.41, 5.74) is 1.33. The Balaban J connectivity index is 1.83. The van der Waals surface area contributed by atoms with Gasteiger partial charge in [-0.25, -0.2) is 0 Å². The van der Waals surface area contributed by atoms with Crippen LogP contribution in [0.25, 0.3) is 0 Å². The molecular weight excluding hydrogens is 307 g/mol. The second kappa shape index (κ2) is 6.83. The van der Waals surface area contributed by atoms with Crippen molar-refractivity contribution in [3.63, 3.8) is 0 Å². The molecule has 23 heavy (non-hydrogen) atoms. The van der Waals surface area contributed by atoms with Gasteiger partial charge in [-0.15, -0.1) is 0 Å². The summed E-state index contributed by atoms with van der Waals surface area (Å²) in [6.45, 7) is 6.04. The van der Waals surface area contributed by atoms with E-state index in [-0.39, 0.29) is 23.4 Å². The van der Waals surface area contributed by atoms with Crippen LogP contribution < -0.4 is 0 Å². The third kappa shape index (κ3) is 5.83. The van der Waals surface area contributed by atoms with Gasteiger partial charge in [0.15, 0.2) is 0 Å². The molecule has 3 nitrogen and oxygen atoms in total. The first-order valence-electron chi connectivity index (χ1n) is 8.21. The van der Waals surface area contributed by atoms with Crippen molar-refractivity contribution in [2.45, 2.75) is 58.7 Å². The zero-order valence-electron chi connectivity index (χ0n) is 14.1. The number of rotatable bonds is 3. The second-order valence-electron chi connectivity index (χ2n) is 7.70. The van der Waals surface area contributed by atoms with Crippen LogP contribution in [0.3, 0.4) is 0 Å². The largest absolute Gasteiger partial charge is 0.458 e. The van der Waals surface area contributed by atoms with Crippen LogP contribution in [0.15, 0.2) is 11.6 Å². The number of nitrogens with zero attached hydrogens (tertiary/aromatic N) is 1. The Bertz CT molecular complexity index is 463. The van der Waals surface area contributed by atoms with Crippen molar-refractivity contribution in [3.8, 4) is 0 Å². The molecule has 0 aromatic carbocycles. The number of allylic oxidation sites excluding steroid dienone is 1. The number of carbonyl (C=O) groups excluding carboxylic acids is 1. The summed E-state index contributed by atoms with van der Waals surface area (Å²) < 4.78 is 42.7. The number of alkyl halides is 3. The van der Waals surface area contributed by atoms with Crippen molar-refractivity contribution in [1.82, 2.24) is 4.90 Å². The smallest absolute Gasteiger partial charge is 0.401 e. The number of halogens is 3. The van der Waals surface area contributed by atoms with E-state index in [9.17, 15) is 18.0 Å². The standard InChI is InChI=1S/C17H26F3NO2/c1-12-8-14(10-16(2,3)9-12)23-15(22)13-4-6-21(7-5-13)11-17(18,19)20/h8,13-14H,4-7,9-11H2,1-3H3. The van der Waals surface area contributed by atoms with E-state index in [0.717, 1.165) is 12.8 Å². The summed E-state index contributed by atoms with van der Waals surface area (Å²) >= 11 is 0. The van der Waals surface area contributed by atoms with Crippen molar-refractivity contribution in [1.29, 1.82) is 0 Å². The molecule has 1 atom stereocenters. The van der Waals surface area contributed by atoms with Gasteiger partial charge in [-0.05, 0) is 57.2 Å². The summed E-state index contributed by atoms with van der Waals surface area (Å²) in [6, 6.07) is 0. The number of carbonyl (C=O) groups is 1. The summed E-state index contributed by atoms with van der Waals surface area (Å²) in [5, 5.41) is 0. The second-order valence-corrected chi connectivity index (χ2v) is 7.70. The Morgan fingerprint density at radius 3 is 2.48 bits per heavy atom. The first-order chi connectivity index (χ1) is 10.5. The van der Waals surface area contributed by atoms with Crippen molar-refractivity contribution in [2.24, 2.45) is 11.3 Å². The summed E-state index contributed by atoms with van der Waals surface area (Å²) in [5.74, 6) is -0.540. The molecular formula is C17H26F3NO2. The molecule has 132 valence electrons. The molecule has 0 amide bonds. The van der Waals surface area contributed by atoms with E-state index in [0.29, 0.717) is 25.9 Å². The van der Waals surface area contributed by atoms with Crippen LogP contribution in [0, 0.1) is 11.3 Å². The van der Waals surface area contributed by atoms with E-state index in [1.54, 1.807) is 0 Å². The minimum absolute atomic E-state index is 0.111. The predicted octanol–water partition coefficient (Wildman–Crippen LogP) is 3.94. The van der Waals surface area contributed by atoms with Crippen LogP contribution in [0.4, 0.5) is 13.2 Å². The zero-order chi connectivity index (χ0) is 17.3. The van der Waals surface area contributed by atoms with Crippen molar-refractivity contribution >= 4 is 5.97 Å². The average Bonchev–Trinajstić information content (AvgIpc) is 2.34. The van der Waals surface area contributed by atoms with Gasteiger partial charge in [0.05, 0.1) is 12.5 Å². The maximum atomic E-state index is 12.4. The van der Waals surface area contributed by atoms with Crippen LogP contribution in [-0.4, -0.2) is 42.8 Å². The Labute approximate surface area is 135 Å². The highest BCUT2D eigenvalue weighted by Gasteiger charge is 2.35. The highest BCUT2D eigenvalue weighted by atomic mass is 19.4. The molecule has 1 heterocycles. The van der Waals surface area contributed by atoms with E-state index in [1.165, 1.54) is 10.5 Å². The Kier molecular flexibility index (Phi) is 5.44. The minimum atomic E-state index is -4.18. The van der Waals surface area contributed by atoms with Gasteiger partial charge in [-0.3, -0.25) is 9.69 Å². The monoisotopic (exact) mass is 333 g/mol. The van der Waals surface area contributed by atoms with Crippen LogP contribution >= 0.6 is 0 Å². The van der Waals surface area contributed by atoms with Gasteiger partial charge in [0.2, 0.25) is 0 Å². The van der Waals surface area contributed by atoms with Crippen LogP contribution in [0.1, 0.15) is 46.5 Å². The van der Waals surface area contributed by atoms with Gasteiger partial charge in [0, 0.05) is 0 Å². The number of hydrogen-bond acceptors (Lipinski definition) is 3. The molecule has 0 aromatic rings. The molecule has 0 aromatic heterocycles. The third-order valence-corrected chi connectivity index (χ3v) is 4.57. The van der Waals surface area contributed by atoms with Gasteiger partial charge in [0.25, 0.3) is 0 Å². The van der Waals surface area contributed by atoms with Crippen molar-refractivity contribution in [3.05, 3.63) is 11.6 Å². The van der Waals surface area contributed by atoms with Gasteiger partial charge >= 0.3 is 12.1 Å². The molecule has 1 unspecified atom stereocenters. The number of hydrogen-bond donors (Lipinski definition) is 0. The average molecular weight is 333 g/mol. The fourth-order valence-corrected chi connectivity index (χ4v) is 3.71. The third-order valence-electron chi connectivity index (χ3n) is 4.57. The van der Waals surface area contributed by atoms with E-state index >= 15 is 0 Å². The summed E-state index contributed by atoms with van der Waals surface area (Å²) in [6.07, 6.45) is 0.284. The molecule has 0 N–H and O–H groups in total. The molecule has 2 rings (SSSR count). The van der Waals surface area contributed by atoms with E-state index < -0.39 is 12.7 Å². The molecule has 1 fully saturated rings. The van der Waals surface area contributed by atoms with E-state index in [4.69, 9.17) is 4.74 Å². The highest BCUT2D eigenvalue weighted by molar-refractivity contribution is 5.73. The number of piperidine rings is 1. The van der Waals surface area contributed by atoms with Gasteiger partial charge < -0.3 is 4.74 Å². The fraction of sp³-hybridized carbons (Fsp3) is 0.824. The maximum absolute atomic E-state index is 12.4. The first kappa shape index (κ1) is 18.3. The lowest BCUT2D eigenvalue weighted by Gasteiger charge is -2.35. The van der Waals surface area contributed by atoms with Gasteiger partial charge in [-0.2, -0.15) is 13.2 Å². The summed E-state index contributed by atoms with van der Waals surface area (Å²) in [7, 11) is 0. The molecule has 0 saturated carbocycles. The van der Waals surface area contributed by atoms with E-state index in [2.05, 4.69) is 13.8 Å². The molecule has 0 spiro atoms. The zero-order valence-corrected chi connectivity index (χ0v) is 14.1. The first-order valence-corrected chi connectivity index (χ1v) is 8.21. The molecule has 2 aliphatic rings.